The zero-order chi connectivity index (χ0) is 35.2. The maximum atomic E-state index is 9.52. The van der Waals surface area contributed by atoms with Gasteiger partial charge in [0.15, 0.2) is 6.29 Å². The minimum absolute atomic E-state index is 0.200. The second kappa shape index (κ2) is 38.0. The summed E-state index contributed by atoms with van der Waals surface area (Å²) in [5, 5.41) is 19.0. The highest BCUT2D eigenvalue weighted by Gasteiger charge is 2.34. The third kappa shape index (κ3) is 34.2. The third-order valence-electron chi connectivity index (χ3n) is 9.73. The molecule has 0 saturated heterocycles. The molecule has 0 aromatic rings. The Bertz CT molecular complexity index is 540. The van der Waals surface area contributed by atoms with Gasteiger partial charge in [0.1, 0.15) is 0 Å². The maximum absolute atomic E-state index is 9.52. The fourth-order valence-electron chi connectivity index (χ4n) is 6.49. The van der Waals surface area contributed by atoms with Gasteiger partial charge in [0.05, 0.1) is 19.8 Å². The molecule has 0 saturated carbocycles. The average molecular weight is 686 g/mol. The van der Waals surface area contributed by atoms with E-state index in [1.807, 2.05) is 11.9 Å². The van der Waals surface area contributed by atoms with Crippen LogP contribution in [0.2, 0.25) is 0 Å². The molecule has 0 atom stereocenters. The van der Waals surface area contributed by atoms with Gasteiger partial charge in [0.25, 0.3) is 5.97 Å². The summed E-state index contributed by atoms with van der Waals surface area (Å²) in [5.41, 5.74) is 0. The molecule has 0 aromatic carbocycles. The Balaban J connectivity index is 4.85. The molecule has 290 valence electrons. The highest BCUT2D eigenvalue weighted by atomic mass is 16.9. The molecule has 0 heterocycles. The molecule has 0 amide bonds. The fraction of sp³-hybridized carbons (Fsp3) is 1.00. The molecular weight excluding hydrogens is 598 g/mol. The van der Waals surface area contributed by atoms with Crippen molar-refractivity contribution in [3.05, 3.63) is 0 Å². The third-order valence-corrected chi connectivity index (χ3v) is 9.73. The summed E-state index contributed by atoms with van der Waals surface area (Å²) in [6.07, 6.45) is 38.1. The topological polar surface area (TPSA) is 71.4 Å². The molecule has 0 unspecified atom stereocenters. The summed E-state index contributed by atoms with van der Waals surface area (Å²) in [7, 11) is 1.91. The Morgan fingerprint density at radius 3 is 0.917 bits per heavy atom. The second-order valence-corrected chi connectivity index (χ2v) is 14.8. The van der Waals surface area contributed by atoms with Crippen LogP contribution in [0.25, 0.3) is 0 Å². The SMILES string of the molecule is CCCCCCCCCCCCOC(CCN(C)CC(O)O)(OCCCCCCCCCCCC)OCCCCCCCCCCCC. The highest BCUT2D eigenvalue weighted by Crippen LogP contribution is 2.24. The van der Waals surface area contributed by atoms with Crippen molar-refractivity contribution in [3.63, 3.8) is 0 Å². The molecular formula is C42H87NO5. The Morgan fingerprint density at radius 2 is 0.667 bits per heavy atom. The van der Waals surface area contributed by atoms with Crippen molar-refractivity contribution in [1.82, 2.24) is 4.90 Å². The van der Waals surface area contributed by atoms with E-state index in [1.54, 1.807) is 0 Å². The number of hydrogen-bond acceptors (Lipinski definition) is 6. The number of aliphatic hydroxyl groups is 2. The van der Waals surface area contributed by atoms with Gasteiger partial charge in [-0.15, -0.1) is 0 Å². The van der Waals surface area contributed by atoms with Gasteiger partial charge in [-0.05, 0) is 26.3 Å². The van der Waals surface area contributed by atoms with E-state index in [2.05, 4.69) is 20.8 Å². The van der Waals surface area contributed by atoms with E-state index >= 15 is 0 Å². The van der Waals surface area contributed by atoms with E-state index < -0.39 is 12.3 Å². The minimum atomic E-state index is -1.35. The van der Waals surface area contributed by atoms with Crippen molar-refractivity contribution in [1.29, 1.82) is 0 Å². The van der Waals surface area contributed by atoms with Gasteiger partial charge in [-0.3, -0.25) is 0 Å². The Hall–Kier alpha value is -0.240. The first-order chi connectivity index (χ1) is 23.5. The molecule has 0 radical (unpaired) electrons. The molecule has 0 aliphatic heterocycles. The molecule has 0 bridgehead atoms. The standard InChI is InChI=1S/C42H87NO5/c1-5-8-11-14-17-20-23-26-29-32-37-46-42(35-36-43(4)40-41(44)45,47-38-33-30-27-24-21-18-15-12-9-6-2)48-39-34-31-28-25-22-19-16-13-10-7-3/h41,44-45H,5-40H2,1-4H3. The first-order valence-corrected chi connectivity index (χ1v) is 21.5. The molecule has 0 rings (SSSR count). The molecule has 48 heavy (non-hydrogen) atoms. The molecule has 0 aromatic heterocycles. The predicted molar refractivity (Wildman–Crippen MR) is 206 cm³/mol. The summed E-state index contributed by atoms with van der Waals surface area (Å²) in [4.78, 5) is 1.93. The first-order valence-electron chi connectivity index (χ1n) is 21.5. The largest absolute Gasteiger partial charge is 0.367 e. The Morgan fingerprint density at radius 1 is 0.417 bits per heavy atom. The lowest BCUT2D eigenvalue weighted by molar-refractivity contribution is -0.384. The van der Waals surface area contributed by atoms with Crippen LogP contribution in [0.4, 0.5) is 0 Å². The summed E-state index contributed by atoms with van der Waals surface area (Å²) in [6.45, 7) is 9.57. The van der Waals surface area contributed by atoms with Crippen molar-refractivity contribution < 1.29 is 24.4 Å². The van der Waals surface area contributed by atoms with Crippen LogP contribution >= 0.6 is 0 Å². The zero-order valence-corrected chi connectivity index (χ0v) is 33.1. The number of nitrogens with zero attached hydrogens (tertiary/aromatic N) is 1. The normalized spacial score (nSPS) is 12.2. The van der Waals surface area contributed by atoms with E-state index in [1.165, 1.54) is 173 Å². The van der Waals surface area contributed by atoms with Gasteiger partial charge in [-0.2, -0.15) is 0 Å². The van der Waals surface area contributed by atoms with Gasteiger partial charge < -0.3 is 29.3 Å². The highest BCUT2D eigenvalue weighted by molar-refractivity contribution is 4.65. The molecule has 2 N–H and O–H groups in total. The minimum Gasteiger partial charge on any atom is -0.367 e. The van der Waals surface area contributed by atoms with Gasteiger partial charge in [0.2, 0.25) is 0 Å². The zero-order valence-electron chi connectivity index (χ0n) is 33.1. The van der Waals surface area contributed by atoms with Crippen molar-refractivity contribution >= 4 is 0 Å². The summed E-state index contributed by atoms with van der Waals surface area (Å²) in [5.74, 6) is -1.06. The fourth-order valence-corrected chi connectivity index (χ4v) is 6.49. The summed E-state index contributed by atoms with van der Waals surface area (Å²) >= 11 is 0. The number of hydrogen-bond donors (Lipinski definition) is 2. The van der Waals surface area contributed by atoms with Gasteiger partial charge in [-0.1, -0.05) is 194 Å². The molecule has 0 fully saturated rings. The van der Waals surface area contributed by atoms with E-state index in [9.17, 15) is 10.2 Å². The van der Waals surface area contributed by atoms with Crippen LogP contribution in [0.15, 0.2) is 0 Å². The molecule has 0 aliphatic carbocycles. The van der Waals surface area contributed by atoms with E-state index in [-0.39, 0.29) is 6.54 Å². The smallest absolute Gasteiger partial charge is 0.284 e. The molecule has 6 heteroatoms. The lowest BCUT2D eigenvalue weighted by Crippen LogP contribution is -2.44. The van der Waals surface area contributed by atoms with E-state index in [0.717, 1.165) is 19.3 Å². The van der Waals surface area contributed by atoms with Crippen LogP contribution in [0, 0.1) is 0 Å². The van der Waals surface area contributed by atoms with Crippen LogP contribution < -0.4 is 0 Å². The van der Waals surface area contributed by atoms with Crippen LogP contribution in [0.5, 0.6) is 0 Å². The quantitative estimate of drug-likeness (QED) is 0.0493. The van der Waals surface area contributed by atoms with Crippen LogP contribution in [-0.4, -0.2) is 67.3 Å². The average Bonchev–Trinajstić information content (AvgIpc) is 3.07. The number of rotatable bonds is 41. The van der Waals surface area contributed by atoms with Crippen LogP contribution in [0.3, 0.4) is 0 Å². The first kappa shape index (κ1) is 47.8. The molecule has 0 spiro atoms. The number of likely N-dealkylation sites (N-methyl/N-ethyl adjacent to an activating group) is 1. The van der Waals surface area contributed by atoms with Crippen molar-refractivity contribution in [2.24, 2.45) is 0 Å². The Kier molecular flexibility index (Phi) is 37.8. The van der Waals surface area contributed by atoms with Crippen LogP contribution in [0.1, 0.15) is 220 Å². The van der Waals surface area contributed by atoms with Crippen LogP contribution in [-0.2, 0) is 14.2 Å². The number of unbranched alkanes of at least 4 members (excludes halogenated alkanes) is 27. The van der Waals surface area contributed by atoms with Gasteiger partial charge >= 0.3 is 0 Å². The second-order valence-electron chi connectivity index (χ2n) is 14.8. The number of aliphatic hydroxyl groups excluding tert-OH is 1. The van der Waals surface area contributed by atoms with E-state index in [4.69, 9.17) is 14.2 Å². The lowest BCUT2D eigenvalue weighted by atomic mass is 10.1. The maximum Gasteiger partial charge on any atom is 0.284 e. The Labute approximate surface area is 300 Å². The van der Waals surface area contributed by atoms with Crippen molar-refractivity contribution in [2.75, 3.05) is 40.0 Å². The number of ether oxygens (including phenoxy) is 3. The summed E-state index contributed by atoms with van der Waals surface area (Å²) < 4.78 is 19.6. The van der Waals surface area contributed by atoms with Gasteiger partial charge in [0, 0.05) is 19.5 Å². The van der Waals surface area contributed by atoms with Crippen molar-refractivity contribution in [2.45, 2.75) is 232 Å². The molecule has 0 aliphatic rings. The van der Waals surface area contributed by atoms with Crippen molar-refractivity contribution in [3.8, 4) is 0 Å². The van der Waals surface area contributed by atoms with E-state index in [0.29, 0.717) is 32.8 Å². The molecule has 6 nitrogen and oxygen atoms in total. The summed E-state index contributed by atoms with van der Waals surface area (Å²) in [6, 6.07) is 0. The predicted octanol–water partition coefficient (Wildman–Crippen LogP) is 12.1. The monoisotopic (exact) mass is 686 g/mol. The van der Waals surface area contributed by atoms with Gasteiger partial charge in [-0.25, -0.2) is 0 Å². The lowest BCUT2D eigenvalue weighted by Gasteiger charge is -2.35.